The molecule has 10 heteroatoms. The van der Waals surface area contributed by atoms with Gasteiger partial charge in [-0.25, -0.2) is 8.42 Å². The van der Waals surface area contributed by atoms with Gasteiger partial charge in [-0.1, -0.05) is 6.07 Å². The number of aromatic nitrogens is 2. The second kappa shape index (κ2) is 7.92. The van der Waals surface area contributed by atoms with Crippen molar-refractivity contribution >= 4 is 15.9 Å². The van der Waals surface area contributed by atoms with Gasteiger partial charge in [-0.2, -0.15) is 9.40 Å². The highest BCUT2D eigenvalue weighted by molar-refractivity contribution is 7.89. The topological polar surface area (TPSA) is 94.0 Å². The number of fused-ring (bicyclic) bond motifs is 1. The molecule has 3 heterocycles. The number of aryl methyl sites for hydroxylation is 2. The minimum absolute atomic E-state index is 0.176. The third-order valence-electron chi connectivity index (χ3n) is 5.58. The SMILES string of the molecule is Cc1nn(C)c(C)c1S(=O)(=O)N1CCCN(C(=O)c2cccc3c2OCCO3)CC1. The molecule has 0 unspecified atom stereocenters. The van der Waals surface area contributed by atoms with Crippen LogP contribution in [0.15, 0.2) is 23.1 Å². The first-order chi connectivity index (χ1) is 14.3. The summed E-state index contributed by atoms with van der Waals surface area (Å²) in [5.74, 6) is 0.850. The van der Waals surface area contributed by atoms with Crippen LogP contribution in [-0.2, 0) is 17.1 Å². The van der Waals surface area contributed by atoms with Crippen LogP contribution in [0.1, 0.15) is 28.2 Å². The third-order valence-corrected chi connectivity index (χ3v) is 7.73. The van der Waals surface area contributed by atoms with Crippen LogP contribution in [0.4, 0.5) is 0 Å². The van der Waals surface area contributed by atoms with E-state index in [1.54, 1.807) is 48.7 Å². The second-order valence-corrected chi connectivity index (χ2v) is 9.38. The predicted octanol–water partition coefficient (Wildman–Crippen LogP) is 1.34. The quantitative estimate of drug-likeness (QED) is 0.724. The van der Waals surface area contributed by atoms with E-state index in [9.17, 15) is 13.2 Å². The maximum atomic E-state index is 13.3. The van der Waals surface area contributed by atoms with Gasteiger partial charge in [0, 0.05) is 33.2 Å². The number of ether oxygens (including phenoxy) is 2. The van der Waals surface area contributed by atoms with Crippen molar-refractivity contribution in [3.8, 4) is 11.5 Å². The molecule has 1 aromatic heterocycles. The number of carbonyl (C=O) groups excluding carboxylic acids is 1. The van der Waals surface area contributed by atoms with E-state index in [0.29, 0.717) is 67.7 Å². The van der Waals surface area contributed by atoms with Gasteiger partial charge in [0.1, 0.15) is 18.1 Å². The molecule has 1 fully saturated rings. The maximum absolute atomic E-state index is 13.3. The molecule has 4 rings (SSSR count). The number of sulfonamides is 1. The summed E-state index contributed by atoms with van der Waals surface area (Å²) in [6.07, 6.45) is 0.551. The minimum Gasteiger partial charge on any atom is -0.486 e. The predicted molar refractivity (Wildman–Crippen MR) is 109 cm³/mol. The van der Waals surface area contributed by atoms with E-state index in [0.717, 1.165) is 0 Å². The summed E-state index contributed by atoms with van der Waals surface area (Å²) in [5.41, 5.74) is 1.54. The van der Waals surface area contributed by atoms with Gasteiger partial charge in [0.05, 0.1) is 17.0 Å². The number of benzene rings is 1. The van der Waals surface area contributed by atoms with Crippen LogP contribution >= 0.6 is 0 Å². The number of nitrogens with zero attached hydrogens (tertiary/aromatic N) is 4. The number of hydrogen-bond donors (Lipinski definition) is 0. The van der Waals surface area contributed by atoms with Gasteiger partial charge >= 0.3 is 0 Å². The summed E-state index contributed by atoms with van der Waals surface area (Å²) in [5, 5.41) is 4.24. The Balaban J connectivity index is 1.54. The third kappa shape index (κ3) is 3.54. The van der Waals surface area contributed by atoms with Crippen LogP contribution in [0.3, 0.4) is 0 Å². The monoisotopic (exact) mass is 434 g/mol. The van der Waals surface area contributed by atoms with E-state index in [-0.39, 0.29) is 17.3 Å². The number of carbonyl (C=O) groups is 1. The Bertz CT molecular complexity index is 1080. The molecule has 0 aliphatic carbocycles. The molecule has 30 heavy (non-hydrogen) atoms. The Morgan fingerprint density at radius 1 is 1.07 bits per heavy atom. The van der Waals surface area contributed by atoms with Crippen molar-refractivity contribution in [2.24, 2.45) is 7.05 Å². The zero-order valence-electron chi connectivity index (χ0n) is 17.4. The average molecular weight is 435 g/mol. The first-order valence-electron chi connectivity index (χ1n) is 9.99. The number of hydrogen-bond acceptors (Lipinski definition) is 6. The molecule has 0 atom stereocenters. The number of para-hydroxylation sites is 1. The van der Waals surface area contributed by atoms with Crippen LogP contribution in [-0.4, -0.2) is 72.7 Å². The van der Waals surface area contributed by atoms with Crippen LogP contribution in [0.2, 0.25) is 0 Å². The summed E-state index contributed by atoms with van der Waals surface area (Å²) in [4.78, 5) is 15.1. The van der Waals surface area contributed by atoms with Gasteiger partial charge in [-0.05, 0) is 32.4 Å². The van der Waals surface area contributed by atoms with E-state index < -0.39 is 10.0 Å². The fourth-order valence-electron chi connectivity index (χ4n) is 4.01. The molecular formula is C20H26N4O5S. The molecular weight excluding hydrogens is 408 g/mol. The Hall–Kier alpha value is -2.59. The first kappa shape index (κ1) is 20.7. The smallest absolute Gasteiger partial charge is 0.257 e. The Morgan fingerprint density at radius 2 is 1.83 bits per heavy atom. The molecule has 0 bridgehead atoms. The normalized spacial score (nSPS) is 17.6. The molecule has 1 aromatic carbocycles. The van der Waals surface area contributed by atoms with E-state index in [2.05, 4.69) is 5.10 Å². The molecule has 1 amide bonds. The first-order valence-corrected chi connectivity index (χ1v) is 11.4. The lowest BCUT2D eigenvalue weighted by molar-refractivity contribution is 0.0753. The van der Waals surface area contributed by atoms with E-state index in [4.69, 9.17) is 9.47 Å². The van der Waals surface area contributed by atoms with Gasteiger partial charge in [-0.15, -0.1) is 0 Å². The molecule has 0 spiro atoms. The van der Waals surface area contributed by atoms with Crippen molar-refractivity contribution in [3.05, 3.63) is 35.2 Å². The zero-order chi connectivity index (χ0) is 21.5. The van der Waals surface area contributed by atoms with E-state index in [1.165, 1.54) is 4.31 Å². The lowest BCUT2D eigenvalue weighted by Gasteiger charge is -2.25. The molecule has 2 aliphatic heterocycles. The van der Waals surface area contributed by atoms with Gasteiger partial charge in [0.15, 0.2) is 11.5 Å². The van der Waals surface area contributed by atoms with Crippen molar-refractivity contribution in [1.82, 2.24) is 19.0 Å². The molecule has 0 N–H and O–H groups in total. The van der Waals surface area contributed by atoms with Gasteiger partial charge in [0.25, 0.3) is 5.91 Å². The van der Waals surface area contributed by atoms with Crippen LogP contribution in [0.25, 0.3) is 0 Å². The highest BCUT2D eigenvalue weighted by Gasteiger charge is 2.33. The zero-order valence-corrected chi connectivity index (χ0v) is 18.2. The van der Waals surface area contributed by atoms with Gasteiger partial charge in [-0.3, -0.25) is 9.48 Å². The van der Waals surface area contributed by atoms with Gasteiger partial charge < -0.3 is 14.4 Å². The van der Waals surface area contributed by atoms with Gasteiger partial charge in [0.2, 0.25) is 10.0 Å². The maximum Gasteiger partial charge on any atom is 0.257 e. The average Bonchev–Trinajstić information content (AvgIpc) is 2.91. The van der Waals surface area contributed by atoms with Crippen molar-refractivity contribution in [1.29, 1.82) is 0 Å². The Labute approximate surface area is 176 Å². The second-order valence-electron chi connectivity index (χ2n) is 7.50. The number of amides is 1. The van der Waals surface area contributed by atoms with Crippen molar-refractivity contribution in [2.75, 3.05) is 39.4 Å². The summed E-state index contributed by atoms with van der Waals surface area (Å²) < 4.78 is 40.8. The lowest BCUT2D eigenvalue weighted by Crippen LogP contribution is -2.38. The lowest BCUT2D eigenvalue weighted by atomic mass is 10.1. The van der Waals surface area contributed by atoms with E-state index in [1.807, 2.05) is 0 Å². The summed E-state index contributed by atoms with van der Waals surface area (Å²) in [6.45, 7) is 5.67. The summed E-state index contributed by atoms with van der Waals surface area (Å²) >= 11 is 0. The molecule has 1 saturated heterocycles. The molecule has 2 aromatic rings. The standard InChI is InChI=1S/C20H26N4O5S/c1-14-19(15(2)22(3)21-14)30(26,27)24-9-5-8-23(10-11-24)20(25)16-6-4-7-17-18(16)29-13-12-28-17/h4,6-7H,5,8-13H2,1-3H3. The van der Waals surface area contributed by atoms with Crippen LogP contribution < -0.4 is 9.47 Å². The Morgan fingerprint density at radius 3 is 2.57 bits per heavy atom. The molecule has 162 valence electrons. The number of rotatable bonds is 3. The van der Waals surface area contributed by atoms with Crippen molar-refractivity contribution < 1.29 is 22.7 Å². The Kier molecular flexibility index (Phi) is 5.46. The molecule has 0 radical (unpaired) electrons. The van der Waals surface area contributed by atoms with Crippen LogP contribution in [0, 0.1) is 13.8 Å². The highest BCUT2D eigenvalue weighted by atomic mass is 32.2. The molecule has 9 nitrogen and oxygen atoms in total. The van der Waals surface area contributed by atoms with E-state index >= 15 is 0 Å². The summed E-state index contributed by atoms with van der Waals surface area (Å²) in [6, 6.07) is 5.27. The minimum atomic E-state index is -3.69. The van der Waals surface area contributed by atoms with Crippen molar-refractivity contribution in [3.63, 3.8) is 0 Å². The van der Waals surface area contributed by atoms with Crippen LogP contribution in [0.5, 0.6) is 11.5 Å². The molecule has 0 saturated carbocycles. The molecule has 2 aliphatic rings. The largest absolute Gasteiger partial charge is 0.486 e. The highest BCUT2D eigenvalue weighted by Crippen LogP contribution is 2.34. The summed E-state index contributed by atoms with van der Waals surface area (Å²) in [7, 11) is -1.95. The fourth-order valence-corrected chi connectivity index (χ4v) is 5.88. The van der Waals surface area contributed by atoms with Crippen molar-refractivity contribution in [2.45, 2.75) is 25.2 Å². The fraction of sp³-hybridized carbons (Fsp3) is 0.500.